The van der Waals surface area contributed by atoms with Gasteiger partial charge in [-0.2, -0.15) is 0 Å². The van der Waals surface area contributed by atoms with Crippen LogP contribution in [0.15, 0.2) is 72.8 Å². The molecule has 176 valence electrons. The smallest absolute Gasteiger partial charge is 0.0897 e. The molecule has 0 N–H and O–H groups in total. The van der Waals surface area contributed by atoms with Gasteiger partial charge in [-0.05, 0) is 75.9 Å². The lowest BCUT2D eigenvalue weighted by molar-refractivity contribution is 0.473. The normalized spacial score (nSPS) is 10.5. The van der Waals surface area contributed by atoms with E-state index in [0.717, 1.165) is 6.42 Å². The Balaban J connectivity index is 0.000000218. The molecule has 0 amide bonds. The van der Waals surface area contributed by atoms with Crippen LogP contribution in [0.2, 0.25) is 0 Å². The van der Waals surface area contributed by atoms with Gasteiger partial charge >= 0.3 is 0 Å². The molecule has 0 nitrogen and oxygen atoms in total. The number of fused-ring (bicyclic) bond motifs is 2. The summed E-state index contributed by atoms with van der Waals surface area (Å²) < 4.78 is 12.2. The van der Waals surface area contributed by atoms with E-state index >= 15 is 0 Å². The van der Waals surface area contributed by atoms with E-state index in [9.17, 15) is 4.39 Å². The van der Waals surface area contributed by atoms with Crippen LogP contribution >= 0.6 is 0 Å². The molecular weight excluding hydrogens is 403 g/mol. The Labute approximate surface area is 200 Å². The Morgan fingerprint density at radius 2 is 1.21 bits per heavy atom. The van der Waals surface area contributed by atoms with E-state index in [-0.39, 0.29) is 6.67 Å². The Morgan fingerprint density at radius 3 is 1.76 bits per heavy atom. The van der Waals surface area contributed by atoms with Crippen molar-refractivity contribution in [2.75, 3.05) is 6.67 Å². The molecule has 0 aliphatic rings. The molecule has 0 heterocycles. The van der Waals surface area contributed by atoms with Crippen molar-refractivity contribution in [3.63, 3.8) is 0 Å². The Kier molecular flexibility index (Phi) is 11.1. The van der Waals surface area contributed by atoms with Crippen LogP contribution in [0, 0.1) is 6.92 Å². The summed E-state index contributed by atoms with van der Waals surface area (Å²) in [5.74, 6) is 0.599. The minimum atomic E-state index is -0.234. The third kappa shape index (κ3) is 6.90. The highest BCUT2D eigenvalue weighted by atomic mass is 19.1. The Morgan fingerprint density at radius 1 is 0.697 bits per heavy atom. The minimum Gasteiger partial charge on any atom is -0.251 e. The fourth-order valence-corrected chi connectivity index (χ4v) is 4.49. The fourth-order valence-electron chi connectivity index (χ4n) is 4.49. The molecule has 0 fully saturated rings. The molecule has 0 aromatic heterocycles. The molecule has 1 heteroatoms. The molecule has 0 saturated carbocycles. The van der Waals surface area contributed by atoms with Crippen molar-refractivity contribution < 1.29 is 4.39 Å². The van der Waals surface area contributed by atoms with Crippen molar-refractivity contribution in [2.24, 2.45) is 0 Å². The van der Waals surface area contributed by atoms with E-state index in [0.29, 0.717) is 12.3 Å². The van der Waals surface area contributed by atoms with Crippen molar-refractivity contribution in [2.45, 2.75) is 73.1 Å². The van der Waals surface area contributed by atoms with Gasteiger partial charge < -0.3 is 0 Å². The van der Waals surface area contributed by atoms with Crippen LogP contribution in [0.5, 0.6) is 0 Å². The van der Waals surface area contributed by atoms with Crippen LogP contribution in [0.25, 0.3) is 21.5 Å². The molecule has 4 aromatic rings. The van der Waals surface area contributed by atoms with Crippen molar-refractivity contribution in [3.05, 3.63) is 95.1 Å². The SMILES string of the molecule is CC.CCCc1cccc2cccc(C(C)C)c12.Cc1cccc2cccc(CCCF)c12. The standard InChI is InChI=1S/C16H20.C14H15F.C2H6/c1-4-7-13-8-5-9-14-10-6-11-15(12(2)3)16(13)14;1-11-5-2-6-12-7-3-8-13(14(11)12)9-4-10-15;1-2/h5-6,8-12H,4,7H2,1-3H3;2-3,5-8H,4,9-10H2,1H3;1-2H3. The lowest BCUT2D eigenvalue weighted by Gasteiger charge is -2.13. The second-order valence-corrected chi connectivity index (χ2v) is 8.65. The topological polar surface area (TPSA) is 0 Å². The molecule has 4 aromatic carbocycles. The highest BCUT2D eigenvalue weighted by molar-refractivity contribution is 5.89. The van der Waals surface area contributed by atoms with E-state index in [4.69, 9.17) is 0 Å². The molecule has 4 rings (SSSR count). The molecule has 0 atom stereocenters. The van der Waals surface area contributed by atoms with Crippen LogP contribution in [0.3, 0.4) is 0 Å². The lowest BCUT2D eigenvalue weighted by atomic mass is 9.91. The Hall–Kier alpha value is -2.67. The first kappa shape index (κ1) is 26.6. The molecule has 0 spiro atoms. The van der Waals surface area contributed by atoms with Gasteiger partial charge in [0.15, 0.2) is 0 Å². The van der Waals surface area contributed by atoms with E-state index < -0.39 is 0 Å². The van der Waals surface area contributed by atoms with Gasteiger partial charge in [0, 0.05) is 0 Å². The first-order valence-electron chi connectivity index (χ1n) is 12.6. The Bertz CT molecular complexity index is 1110. The highest BCUT2D eigenvalue weighted by Crippen LogP contribution is 2.29. The van der Waals surface area contributed by atoms with Crippen LogP contribution in [0.4, 0.5) is 4.39 Å². The first-order valence-corrected chi connectivity index (χ1v) is 12.6. The molecule has 33 heavy (non-hydrogen) atoms. The minimum absolute atomic E-state index is 0.234. The number of rotatable bonds is 6. The van der Waals surface area contributed by atoms with Gasteiger partial charge in [0.05, 0.1) is 6.67 Å². The number of hydrogen-bond acceptors (Lipinski definition) is 0. The van der Waals surface area contributed by atoms with Gasteiger partial charge in [-0.25, -0.2) is 0 Å². The summed E-state index contributed by atoms with van der Waals surface area (Å²) in [4.78, 5) is 0. The third-order valence-corrected chi connectivity index (χ3v) is 5.94. The quantitative estimate of drug-likeness (QED) is 0.277. The van der Waals surface area contributed by atoms with Gasteiger partial charge in [-0.3, -0.25) is 4.39 Å². The van der Waals surface area contributed by atoms with Gasteiger partial charge in [-0.15, -0.1) is 0 Å². The second-order valence-electron chi connectivity index (χ2n) is 8.65. The number of alkyl halides is 1. The van der Waals surface area contributed by atoms with E-state index in [1.165, 1.54) is 56.6 Å². The molecule has 0 saturated heterocycles. The van der Waals surface area contributed by atoms with E-state index in [1.54, 1.807) is 0 Å². The largest absolute Gasteiger partial charge is 0.251 e. The first-order chi connectivity index (χ1) is 16.1. The summed E-state index contributed by atoms with van der Waals surface area (Å²) in [5, 5.41) is 5.43. The van der Waals surface area contributed by atoms with Gasteiger partial charge in [0.25, 0.3) is 0 Å². The summed E-state index contributed by atoms with van der Waals surface area (Å²) in [6, 6.07) is 25.9. The number of hydrogen-bond donors (Lipinski definition) is 0. The summed E-state index contributed by atoms with van der Waals surface area (Å²) in [6.07, 6.45) is 3.85. The van der Waals surface area contributed by atoms with E-state index in [1.807, 2.05) is 13.8 Å². The zero-order valence-corrected chi connectivity index (χ0v) is 21.4. The lowest BCUT2D eigenvalue weighted by Crippen LogP contribution is -1.94. The molecule has 0 aliphatic carbocycles. The summed E-state index contributed by atoms with van der Waals surface area (Å²) in [5.41, 5.74) is 5.54. The molecule has 0 aliphatic heterocycles. The molecule has 0 bridgehead atoms. The van der Waals surface area contributed by atoms with E-state index in [2.05, 4.69) is 100 Å². The zero-order valence-electron chi connectivity index (χ0n) is 21.4. The fraction of sp³-hybridized carbons (Fsp3) is 0.375. The summed E-state index contributed by atoms with van der Waals surface area (Å²) >= 11 is 0. The van der Waals surface area contributed by atoms with Crippen LogP contribution in [-0.2, 0) is 12.8 Å². The van der Waals surface area contributed by atoms with Gasteiger partial charge in [0.2, 0.25) is 0 Å². The predicted octanol–water partition coefficient (Wildman–Crippen LogP) is 9.99. The van der Waals surface area contributed by atoms with Crippen molar-refractivity contribution in [3.8, 4) is 0 Å². The maximum atomic E-state index is 12.2. The third-order valence-electron chi connectivity index (χ3n) is 5.94. The maximum Gasteiger partial charge on any atom is 0.0897 e. The average Bonchev–Trinajstić information content (AvgIpc) is 2.84. The van der Waals surface area contributed by atoms with Gasteiger partial charge in [0.1, 0.15) is 0 Å². The van der Waals surface area contributed by atoms with Gasteiger partial charge in [-0.1, -0.05) is 114 Å². The van der Waals surface area contributed by atoms with Crippen LogP contribution < -0.4 is 0 Å². The average molecular weight is 445 g/mol. The highest BCUT2D eigenvalue weighted by Gasteiger charge is 2.08. The zero-order chi connectivity index (χ0) is 24.2. The predicted molar refractivity (Wildman–Crippen MR) is 146 cm³/mol. The van der Waals surface area contributed by atoms with Crippen molar-refractivity contribution in [1.29, 1.82) is 0 Å². The van der Waals surface area contributed by atoms with Crippen LogP contribution in [-0.4, -0.2) is 6.67 Å². The number of aryl methyl sites for hydroxylation is 3. The summed E-state index contributed by atoms with van der Waals surface area (Å²) in [7, 11) is 0. The maximum absolute atomic E-state index is 12.2. The number of benzene rings is 4. The monoisotopic (exact) mass is 444 g/mol. The molecular formula is C32H41F. The molecule has 0 unspecified atom stereocenters. The second kappa shape index (κ2) is 13.8. The van der Waals surface area contributed by atoms with Crippen molar-refractivity contribution >= 4 is 21.5 Å². The van der Waals surface area contributed by atoms with Crippen LogP contribution in [0.1, 0.15) is 75.6 Å². The number of halogens is 1. The summed E-state index contributed by atoms with van der Waals surface area (Å²) in [6.45, 7) is 12.7. The van der Waals surface area contributed by atoms with Crippen molar-refractivity contribution in [1.82, 2.24) is 0 Å². The molecule has 0 radical (unpaired) electrons.